The zero-order valence-corrected chi connectivity index (χ0v) is 17.2. The minimum absolute atomic E-state index is 0.236. The van der Waals surface area contributed by atoms with Crippen molar-refractivity contribution in [2.45, 2.75) is 18.7 Å². The van der Waals surface area contributed by atoms with Crippen LogP contribution in [0.25, 0.3) is 16.9 Å². The summed E-state index contributed by atoms with van der Waals surface area (Å²) in [6, 6.07) is 16.2. The predicted octanol–water partition coefficient (Wildman–Crippen LogP) is 4.43. The van der Waals surface area contributed by atoms with Crippen molar-refractivity contribution in [2.75, 3.05) is 11.8 Å². The summed E-state index contributed by atoms with van der Waals surface area (Å²) in [4.78, 5) is 4.82. The van der Waals surface area contributed by atoms with Crippen molar-refractivity contribution in [1.29, 1.82) is 0 Å². The molecule has 0 saturated heterocycles. The summed E-state index contributed by atoms with van der Waals surface area (Å²) in [7, 11) is -2.15. The Balaban J connectivity index is 1.60. The molecule has 2 heterocycles. The molecule has 0 unspecified atom stereocenters. The van der Waals surface area contributed by atoms with E-state index in [1.807, 2.05) is 54.0 Å². The first kappa shape index (κ1) is 19.0. The number of rotatable bonds is 5. The van der Waals surface area contributed by atoms with Crippen molar-refractivity contribution in [3.05, 3.63) is 78.1 Å². The van der Waals surface area contributed by atoms with Gasteiger partial charge in [-0.3, -0.25) is 4.72 Å². The Hall–Kier alpha value is -3.32. The minimum atomic E-state index is -3.71. The molecule has 1 N–H and O–H groups in total. The number of anilines is 1. The van der Waals surface area contributed by atoms with Gasteiger partial charge in [-0.15, -0.1) is 0 Å². The maximum absolute atomic E-state index is 12.9. The van der Waals surface area contributed by atoms with Crippen LogP contribution in [0.15, 0.2) is 71.9 Å². The number of methoxy groups -OCH3 is 1. The maximum Gasteiger partial charge on any atom is 0.262 e. The molecule has 148 valence electrons. The van der Waals surface area contributed by atoms with E-state index in [1.54, 1.807) is 38.3 Å². The van der Waals surface area contributed by atoms with E-state index >= 15 is 0 Å². The Bertz CT molecular complexity index is 1260. The second kappa shape index (κ2) is 7.25. The predicted molar refractivity (Wildman–Crippen MR) is 114 cm³/mol. The molecular formula is C22H21N3O3S. The van der Waals surface area contributed by atoms with E-state index in [-0.39, 0.29) is 4.90 Å². The number of imidazole rings is 1. The van der Waals surface area contributed by atoms with Gasteiger partial charge in [0.1, 0.15) is 11.4 Å². The van der Waals surface area contributed by atoms with Crippen LogP contribution in [0.4, 0.5) is 5.69 Å². The zero-order chi connectivity index (χ0) is 20.6. The van der Waals surface area contributed by atoms with E-state index in [0.717, 1.165) is 22.5 Å². The summed E-state index contributed by atoms with van der Waals surface area (Å²) in [6.07, 6.45) is 3.88. The Morgan fingerprint density at radius 1 is 0.966 bits per heavy atom. The van der Waals surface area contributed by atoms with Crippen LogP contribution in [0.3, 0.4) is 0 Å². The van der Waals surface area contributed by atoms with E-state index in [0.29, 0.717) is 17.0 Å². The molecule has 0 radical (unpaired) electrons. The van der Waals surface area contributed by atoms with Crippen LogP contribution in [0.2, 0.25) is 0 Å². The molecule has 4 rings (SSSR count). The highest BCUT2D eigenvalue weighted by atomic mass is 32.2. The second-order valence-corrected chi connectivity index (χ2v) is 8.44. The summed E-state index contributed by atoms with van der Waals surface area (Å²) in [5.41, 5.74) is 4.55. The molecular weight excluding hydrogens is 386 g/mol. The normalized spacial score (nSPS) is 11.6. The van der Waals surface area contributed by atoms with Crippen molar-refractivity contribution in [3.8, 4) is 17.0 Å². The van der Waals surface area contributed by atoms with E-state index in [4.69, 9.17) is 4.74 Å². The van der Waals surface area contributed by atoms with Crippen molar-refractivity contribution in [1.82, 2.24) is 9.38 Å². The zero-order valence-electron chi connectivity index (χ0n) is 16.4. The van der Waals surface area contributed by atoms with Gasteiger partial charge in [-0.2, -0.15) is 0 Å². The number of nitrogens with one attached hydrogen (secondary N) is 1. The maximum atomic E-state index is 12.9. The van der Waals surface area contributed by atoms with Crippen molar-refractivity contribution >= 4 is 21.4 Å². The molecule has 0 spiro atoms. The highest BCUT2D eigenvalue weighted by Crippen LogP contribution is 2.29. The summed E-state index contributed by atoms with van der Waals surface area (Å²) < 4.78 is 35.6. The lowest BCUT2D eigenvalue weighted by atomic mass is 10.1. The second-order valence-electron chi connectivity index (χ2n) is 6.79. The number of nitrogens with zero attached hydrogens (tertiary/aromatic N) is 2. The lowest BCUT2D eigenvalue weighted by molar-refractivity contribution is 0.411. The summed E-state index contributed by atoms with van der Waals surface area (Å²) in [6.45, 7) is 3.62. The fourth-order valence-electron chi connectivity index (χ4n) is 3.28. The van der Waals surface area contributed by atoms with Gasteiger partial charge in [0.05, 0.1) is 17.7 Å². The van der Waals surface area contributed by atoms with Crippen molar-refractivity contribution < 1.29 is 13.2 Å². The first-order valence-electron chi connectivity index (χ1n) is 9.10. The number of hydrogen-bond acceptors (Lipinski definition) is 4. The third-order valence-corrected chi connectivity index (χ3v) is 6.52. The number of sulfonamides is 1. The number of benzene rings is 2. The Morgan fingerprint density at radius 3 is 2.41 bits per heavy atom. The molecule has 0 aliphatic rings. The summed E-state index contributed by atoms with van der Waals surface area (Å²) >= 11 is 0. The molecule has 7 heteroatoms. The molecule has 2 aromatic heterocycles. The standard InChI is InChI=1S/C22H21N3O3S/c1-15-16(2)21(12-11-20(15)28-3)29(26,27)24-18-9-7-17(8-10-18)19-14-25-13-5-4-6-22(25)23-19/h4-14,24H,1-3H3. The average molecular weight is 407 g/mol. The fourth-order valence-corrected chi connectivity index (χ4v) is 4.64. The quantitative estimate of drug-likeness (QED) is 0.531. The summed E-state index contributed by atoms with van der Waals surface area (Å²) in [5, 5.41) is 0. The van der Waals surface area contributed by atoms with Gasteiger partial charge in [0, 0.05) is 23.6 Å². The molecule has 6 nitrogen and oxygen atoms in total. The summed E-state index contributed by atoms with van der Waals surface area (Å²) in [5.74, 6) is 0.665. The smallest absolute Gasteiger partial charge is 0.262 e. The number of ether oxygens (including phenoxy) is 1. The average Bonchev–Trinajstić information content (AvgIpc) is 3.14. The lowest BCUT2D eigenvalue weighted by Crippen LogP contribution is -2.15. The van der Waals surface area contributed by atoms with Gasteiger partial charge in [0.15, 0.2) is 0 Å². The highest BCUT2D eigenvalue weighted by Gasteiger charge is 2.19. The van der Waals surface area contributed by atoms with Gasteiger partial charge >= 0.3 is 0 Å². The van der Waals surface area contributed by atoms with Crippen molar-refractivity contribution in [2.24, 2.45) is 0 Å². The van der Waals surface area contributed by atoms with Gasteiger partial charge in [-0.05, 0) is 61.4 Å². The Morgan fingerprint density at radius 2 is 1.72 bits per heavy atom. The molecule has 0 amide bonds. The molecule has 0 fully saturated rings. The van der Waals surface area contributed by atoms with Crippen LogP contribution >= 0.6 is 0 Å². The van der Waals surface area contributed by atoms with Crippen molar-refractivity contribution in [3.63, 3.8) is 0 Å². The first-order valence-corrected chi connectivity index (χ1v) is 10.6. The molecule has 29 heavy (non-hydrogen) atoms. The number of pyridine rings is 1. The monoisotopic (exact) mass is 407 g/mol. The van der Waals surface area contributed by atoms with Crippen LogP contribution in [0.1, 0.15) is 11.1 Å². The third kappa shape index (κ3) is 3.56. The van der Waals surface area contributed by atoms with Crippen LogP contribution in [0, 0.1) is 13.8 Å². The number of hydrogen-bond donors (Lipinski definition) is 1. The largest absolute Gasteiger partial charge is 0.496 e. The minimum Gasteiger partial charge on any atom is -0.496 e. The van der Waals surface area contributed by atoms with E-state index in [9.17, 15) is 8.42 Å². The van der Waals surface area contributed by atoms with Crippen LogP contribution in [-0.4, -0.2) is 24.9 Å². The van der Waals surface area contributed by atoms with Gasteiger partial charge in [0.25, 0.3) is 10.0 Å². The SMILES string of the molecule is COc1ccc(S(=O)(=O)Nc2ccc(-c3cn4ccccc4n3)cc2)c(C)c1C. The van der Waals surface area contributed by atoms with Gasteiger partial charge < -0.3 is 9.14 Å². The molecule has 0 aliphatic heterocycles. The number of aromatic nitrogens is 2. The van der Waals surface area contributed by atoms with Gasteiger partial charge in [-0.25, -0.2) is 13.4 Å². The third-order valence-electron chi connectivity index (χ3n) is 4.99. The first-order chi connectivity index (χ1) is 13.9. The fraction of sp³-hybridized carbons (Fsp3) is 0.136. The Kier molecular flexibility index (Phi) is 4.76. The van der Waals surface area contributed by atoms with Crippen LogP contribution in [0.5, 0.6) is 5.75 Å². The molecule has 4 aromatic rings. The molecule has 2 aromatic carbocycles. The van der Waals surface area contributed by atoms with Crippen LogP contribution < -0.4 is 9.46 Å². The molecule has 0 atom stereocenters. The number of fused-ring (bicyclic) bond motifs is 1. The topological polar surface area (TPSA) is 72.7 Å². The van der Waals surface area contributed by atoms with Gasteiger partial charge in [0.2, 0.25) is 0 Å². The van der Waals surface area contributed by atoms with E-state index in [1.165, 1.54) is 0 Å². The molecule has 0 saturated carbocycles. The molecule has 0 bridgehead atoms. The molecule has 0 aliphatic carbocycles. The Labute approximate surface area is 169 Å². The van der Waals surface area contributed by atoms with Crippen LogP contribution in [-0.2, 0) is 10.0 Å². The van der Waals surface area contributed by atoms with E-state index in [2.05, 4.69) is 9.71 Å². The van der Waals surface area contributed by atoms with E-state index < -0.39 is 10.0 Å². The lowest BCUT2D eigenvalue weighted by Gasteiger charge is -2.14. The van der Waals surface area contributed by atoms with Gasteiger partial charge in [-0.1, -0.05) is 18.2 Å². The highest BCUT2D eigenvalue weighted by molar-refractivity contribution is 7.92.